The zero-order chi connectivity index (χ0) is 18.6. The highest BCUT2D eigenvalue weighted by Gasteiger charge is 2.17. The maximum atomic E-state index is 4.71. The van der Waals surface area contributed by atoms with Crippen molar-refractivity contribution in [2.75, 3.05) is 6.54 Å². The topological polar surface area (TPSA) is 79.5 Å². The van der Waals surface area contributed by atoms with Crippen LogP contribution >= 0.6 is 11.3 Å². The van der Waals surface area contributed by atoms with E-state index < -0.39 is 0 Å². The van der Waals surface area contributed by atoms with Gasteiger partial charge in [0.25, 0.3) is 0 Å². The van der Waals surface area contributed by atoms with Gasteiger partial charge in [-0.2, -0.15) is 0 Å². The molecule has 0 aromatic carbocycles. The predicted octanol–water partition coefficient (Wildman–Crippen LogP) is 2.74. The second-order valence-electron chi connectivity index (χ2n) is 6.97. The van der Waals surface area contributed by atoms with Gasteiger partial charge in [-0.05, 0) is 19.1 Å². The van der Waals surface area contributed by atoms with Crippen LogP contribution in [0, 0.1) is 0 Å². The maximum absolute atomic E-state index is 4.71. The average Bonchev–Trinajstić information content (AvgIpc) is 3.24. The molecule has 0 unspecified atom stereocenters. The lowest BCUT2D eigenvalue weighted by molar-refractivity contribution is 0.570. The van der Waals surface area contributed by atoms with Gasteiger partial charge in [0, 0.05) is 23.5 Å². The van der Waals surface area contributed by atoms with Crippen LogP contribution in [0.4, 0.5) is 0 Å². The normalized spacial score (nSPS) is 12.5. The van der Waals surface area contributed by atoms with Crippen molar-refractivity contribution in [3.05, 3.63) is 46.3 Å². The van der Waals surface area contributed by atoms with Gasteiger partial charge in [-0.3, -0.25) is 4.40 Å². The minimum absolute atomic E-state index is 0.0715. The van der Waals surface area contributed by atoms with Crippen molar-refractivity contribution in [1.29, 1.82) is 0 Å². The number of aromatic nitrogens is 4. The molecule has 2 N–H and O–H groups in total. The lowest BCUT2D eigenvalue weighted by atomic mass is 9.93. The molecule has 26 heavy (non-hydrogen) atoms. The number of hydrogen-bond acceptors (Lipinski definition) is 5. The molecule has 0 aliphatic rings. The first-order valence-electron chi connectivity index (χ1n) is 8.73. The van der Waals surface area contributed by atoms with Gasteiger partial charge in [-0.25, -0.2) is 9.98 Å². The molecule has 3 aromatic heterocycles. The molecule has 0 fully saturated rings. The van der Waals surface area contributed by atoms with Crippen LogP contribution in [0.25, 0.3) is 5.65 Å². The number of aliphatic imine (C=N–C) groups is 1. The fourth-order valence-corrected chi connectivity index (χ4v) is 3.35. The second kappa shape index (κ2) is 7.82. The molecule has 0 bridgehead atoms. The smallest absolute Gasteiger partial charge is 0.192 e. The minimum Gasteiger partial charge on any atom is -0.357 e. The van der Waals surface area contributed by atoms with Crippen molar-refractivity contribution < 1.29 is 0 Å². The van der Waals surface area contributed by atoms with E-state index in [0.29, 0.717) is 13.1 Å². The van der Waals surface area contributed by atoms with Gasteiger partial charge in [0.15, 0.2) is 17.4 Å². The molecule has 0 spiro atoms. The highest BCUT2D eigenvalue weighted by atomic mass is 32.1. The van der Waals surface area contributed by atoms with Crippen LogP contribution in [-0.2, 0) is 18.5 Å². The van der Waals surface area contributed by atoms with E-state index in [1.165, 1.54) is 0 Å². The van der Waals surface area contributed by atoms with Crippen LogP contribution in [0.15, 0.2) is 34.8 Å². The lowest BCUT2D eigenvalue weighted by Gasteiger charge is -2.14. The molecule has 0 aliphatic carbocycles. The molecule has 0 saturated carbocycles. The van der Waals surface area contributed by atoms with Crippen LogP contribution in [0.5, 0.6) is 0 Å². The first-order valence-corrected chi connectivity index (χ1v) is 9.61. The van der Waals surface area contributed by atoms with E-state index in [1.54, 1.807) is 11.3 Å². The minimum atomic E-state index is 0.0715. The van der Waals surface area contributed by atoms with Crippen molar-refractivity contribution in [2.24, 2.45) is 4.99 Å². The largest absolute Gasteiger partial charge is 0.357 e. The fourth-order valence-electron chi connectivity index (χ4n) is 2.39. The van der Waals surface area contributed by atoms with Gasteiger partial charge in [-0.15, -0.1) is 21.5 Å². The van der Waals surface area contributed by atoms with Gasteiger partial charge in [0.1, 0.15) is 11.6 Å². The first kappa shape index (κ1) is 18.3. The summed E-state index contributed by atoms with van der Waals surface area (Å²) in [4.78, 5) is 9.34. The zero-order valence-corrected chi connectivity index (χ0v) is 16.5. The summed E-state index contributed by atoms with van der Waals surface area (Å²) < 4.78 is 1.95. The van der Waals surface area contributed by atoms with Crippen LogP contribution < -0.4 is 10.6 Å². The molecule has 0 saturated heterocycles. The monoisotopic (exact) mass is 371 g/mol. The van der Waals surface area contributed by atoms with Gasteiger partial charge >= 0.3 is 0 Å². The number of guanidine groups is 1. The number of rotatable bonds is 5. The molecule has 8 heteroatoms. The molecule has 0 atom stereocenters. The Morgan fingerprint density at radius 2 is 2.08 bits per heavy atom. The molecular weight excluding hydrogens is 346 g/mol. The second-order valence-corrected chi connectivity index (χ2v) is 7.91. The van der Waals surface area contributed by atoms with E-state index in [9.17, 15) is 0 Å². The summed E-state index contributed by atoms with van der Waals surface area (Å²) in [5, 5.41) is 18.2. The summed E-state index contributed by atoms with van der Waals surface area (Å²) >= 11 is 1.67. The average molecular weight is 372 g/mol. The SMILES string of the molecule is CCNC(=NCc1nnc2ccccn12)NCc1nc(C(C)(C)C)cs1. The molecule has 3 heterocycles. The third-order valence-electron chi connectivity index (χ3n) is 3.83. The Bertz CT molecular complexity index is 888. The summed E-state index contributed by atoms with van der Waals surface area (Å²) in [5.41, 5.74) is 2.02. The number of nitrogens with one attached hydrogen (secondary N) is 2. The summed E-state index contributed by atoms with van der Waals surface area (Å²) in [7, 11) is 0. The third-order valence-corrected chi connectivity index (χ3v) is 4.68. The molecule has 0 radical (unpaired) electrons. The van der Waals surface area contributed by atoms with E-state index in [2.05, 4.69) is 52.0 Å². The van der Waals surface area contributed by atoms with Gasteiger partial charge in [0.2, 0.25) is 0 Å². The van der Waals surface area contributed by atoms with Crippen molar-refractivity contribution >= 4 is 22.9 Å². The van der Waals surface area contributed by atoms with Crippen molar-refractivity contribution in [3.8, 4) is 0 Å². The van der Waals surface area contributed by atoms with E-state index in [0.717, 1.165) is 34.7 Å². The van der Waals surface area contributed by atoms with Crippen molar-refractivity contribution in [2.45, 2.75) is 46.2 Å². The number of thiazole rings is 1. The predicted molar refractivity (Wildman–Crippen MR) is 105 cm³/mol. The van der Waals surface area contributed by atoms with Crippen LogP contribution in [0.3, 0.4) is 0 Å². The molecule has 138 valence electrons. The van der Waals surface area contributed by atoms with Crippen LogP contribution in [0.1, 0.15) is 44.2 Å². The summed E-state index contributed by atoms with van der Waals surface area (Å²) in [6.07, 6.45) is 1.95. The number of pyridine rings is 1. The maximum Gasteiger partial charge on any atom is 0.192 e. The molecular formula is C18H25N7S. The number of hydrogen-bond donors (Lipinski definition) is 2. The van der Waals surface area contributed by atoms with Gasteiger partial charge in [-0.1, -0.05) is 26.8 Å². The quantitative estimate of drug-likeness (QED) is 0.532. The van der Waals surface area contributed by atoms with E-state index in [4.69, 9.17) is 4.98 Å². The van der Waals surface area contributed by atoms with Gasteiger partial charge in [0.05, 0.1) is 12.2 Å². The Labute approximate surface area is 157 Å². The van der Waals surface area contributed by atoms with Crippen molar-refractivity contribution in [1.82, 2.24) is 30.2 Å². The summed E-state index contributed by atoms with van der Waals surface area (Å²) in [6.45, 7) is 10.5. The van der Waals surface area contributed by atoms with E-state index >= 15 is 0 Å². The van der Waals surface area contributed by atoms with Gasteiger partial charge < -0.3 is 10.6 Å². The molecule has 0 aliphatic heterocycles. The lowest BCUT2D eigenvalue weighted by Crippen LogP contribution is -2.36. The van der Waals surface area contributed by atoms with E-state index in [-0.39, 0.29) is 5.41 Å². The Morgan fingerprint density at radius 3 is 2.81 bits per heavy atom. The Kier molecular flexibility index (Phi) is 5.51. The zero-order valence-electron chi connectivity index (χ0n) is 15.7. The Balaban J connectivity index is 1.66. The summed E-state index contributed by atoms with van der Waals surface area (Å²) in [5.74, 6) is 1.55. The standard InChI is InChI=1S/C18H25N7S/c1-5-19-17(21-11-16-22-13(12-26-16)18(2,3)4)20-10-15-24-23-14-8-6-7-9-25(14)15/h6-9,12H,5,10-11H2,1-4H3,(H2,19,20,21). The Morgan fingerprint density at radius 1 is 1.23 bits per heavy atom. The number of fused-ring (bicyclic) bond motifs is 1. The Hall–Kier alpha value is -2.48. The summed E-state index contributed by atoms with van der Waals surface area (Å²) in [6, 6.07) is 5.84. The molecule has 3 aromatic rings. The molecule has 3 rings (SSSR count). The van der Waals surface area contributed by atoms with E-state index in [1.807, 2.05) is 35.7 Å². The molecule has 7 nitrogen and oxygen atoms in total. The van der Waals surface area contributed by atoms with Crippen LogP contribution in [-0.4, -0.2) is 32.1 Å². The molecule has 0 amide bonds. The van der Waals surface area contributed by atoms with Crippen LogP contribution in [0.2, 0.25) is 0 Å². The highest BCUT2D eigenvalue weighted by Crippen LogP contribution is 2.23. The number of nitrogens with zero attached hydrogens (tertiary/aromatic N) is 5. The third kappa shape index (κ3) is 4.37. The fraction of sp³-hybridized carbons (Fsp3) is 0.444. The van der Waals surface area contributed by atoms with Crippen molar-refractivity contribution in [3.63, 3.8) is 0 Å². The highest BCUT2D eigenvalue weighted by molar-refractivity contribution is 7.09. The first-order chi connectivity index (χ1) is 12.5.